The molecule has 0 rings (SSSR count). The second-order valence-electron chi connectivity index (χ2n) is 3.96. The molecule has 3 heteroatoms. The van der Waals surface area contributed by atoms with Gasteiger partial charge in [0.15, 0.2) is 6.61 Å². The summed E-state index contributed by atoms with van der Waals surface area (Å²) in [5.74, 6) is 2.25. The molecule has 0 aliphatic rings. The lowest BCUT2D eigenvalue weighted by Crippen LogP contribution is -2.28. The number of carbonyl (C=O) groups excluding carboxylic acids is 2. The van der Waals surface area contributed by atoms with Gasteiger partial charge in [-0.2, -0.15) is 0 Å². The van der Waals surface area contributed by atoms with E-state index in [0.717, 1.165) is 12.8 Å². The topological polar surface area (TPSA) is 43.4 Å². The van der Waals surface area contributed by atoms with Crippen molar-refractivity contribution in [3.05, 3.63) is 0 Å². The average molecular weight is 226 g/mol. The Morgan fingerprint density at radius 3 is 1.88 bits per heavy atom. The molecule has 3 nitrogen and oxygen atoms in total. The minimum Gasteiger partial charge on any atom is -0.452 e. The maximum atomic E-state index is 11.4. The summed E-state index contributed by atoms with van der Waals surface area (Å²) in [6.45, 7) is 8.97. The van der Waals surface area contributed by atoms with Crippen molar-refractivity contribution in [2.75, 3.05) is 6.61 Å². The van der Waals surface area contributed by atoms with Gasteiger partial charge in [-0.15, -0.1) is 6.42 Å². The van der Waals surface area contributed by atoms with Gasteiger partial charge < -0.3 is 9.53 Å². The summed E-state index contributed by atoms with van der Waals surface area (Å²) in [6.07, 6.45) is 6.55. The molecule has 0 fully saturated rings. The van der Waals surface area contributed by atoms with Gasteiger partial charge in [0, 0.05) is 0 Å². The van der Waals surface area contributed by atoms with E-state index in [1.54, 1.807) is 0 Å². The minimum absolute atomic E-state index is 0.0778. The Labute approximate surface area is 98.6 Å². The first-order chi connectivity index (χ1) is 7.33. The lowest BCUT2D eigenvalue weighted by atomic mass is 9.85. The fraction of sp³-hybridized carbons (Fsp3) is 0.692. The van der Waals surface area contributed by atoms with Crippen molar-refractivity contribution in [2.24, 2.45) is 5.41 Å². The van der Waals surface area contributed by atoms with Crippen molar-refractivity contribution in [1.29, 1.82) is 0 Å². The predicted molar refractivity (Wildman–Crippen MR) is 64.8 cm³/mol. The Morgan fingerprint density at radius 2 is 1.62 bits per heavy atom. The molecular weight excluding hydrogens is 204 g/mol. The van der Waals surface area contributed by atoms with Crippen LogP contribution in [0.15, 0.2) is 0 Å². The molecule has 0 aromatic carbocycles. The molecule has 92 valence electrons. The first-order valence-electron chi connectivity index (χ1n) is 5.41. The number of hydrogen-bond donors (Lipinski definition) is 0. The second-order valence-corrected chi connectivity index (χ2v) is 3.96. The van der Waals surface area contributed by atoms with Crippen LogP contribution in [0.2, 0.25) is 0 Å². The lowest BCUT2D eigenvalue weighted by molar-refractivity contribution is -0.153. The zero-order valence-electron chi connectivity index (χ0n) is 10.9. The molecule has 0 aromatic rings. The highest BCUT2D eigenvalue weighted by atomic mass is 16.5. The first-order valence-corrected chi connectivity index (χ1v) is 5.41. The van der Waals surface area contributed by atoms with E-state index in [0.29, 0.717) is 0 Å². The highest BCUT2D eigenvalue weighted by Crippen LogP contribution is 2.26. The summed E-state index contributed by atoms with van der Waals surface area (Å²) in [5, 5.41) is 0. The number of terminal acetylenes is 1. The molecule has 0 saturated carbocycles. The van der Waals surface area contributed by atoms with E-state index in [4.69, 9.17) is 11.2 Å². The molecule has 0 spiro atoms. The number of hydrogen-bond acceptors (Lipinski definition) is 3. The van der Waals surface area contributed by atoms with Crippen LogP contribution in [0.3, 0.4) is 0 Å². The van der Waals surface area contributed by atoms with Crippen LogP contribution in [-0.2, 0) is 14.3 Å². The highest BCUT2D eigenvalue weighted by molar-refractivity contribution is 5.76. The predicted octanol–water partition coefficient (Wildman–Crippen LogP) is 2.58. The van der Waals surface area contributed by atoms with Crippen molar-refractivity contribution in [3.63, 3.8) is 0 Å². The summed E-state index contributed by atoms with van der Waals surface area (Å²) in [7, 11) is 0. The molecule has 0 aromatic heterocycles. The number of ether oxygens (including phenoxy) is 1. The van der Waals surface area contributed by atoms with Crippen LogP contribution >= 0.6 is 0 Å². The van der Waals surface area contributed by atoms with Gasteiger partial charge in [0.05, 0.1) is 5.41 Å². The third-order valence-electron chi connectivity index (χ3n) is 2.34. The quantitative estimate of drug-likeness (QED) is 0.546. The van der Waals surface area contributed by atoms with Crippen molar-refractivity contribution in [3.8, 4) is 12.3 Å². The zero-order chi connectivity index (χ0) is 13.2. The molecule has 0 saturated heterocycles. The molecule has 0 bridgehead atoms. The largest absolute Gasteiger partial charge is 0.452 e. The van der Waals surface area contributed by atoms with Crippen LogP contribution in [0.5, 0.6) is 0 Å². The van der Waals surface area contributed by atoms with Gasteiger partial charge in [-0.25, -0.2) is 0 Å². The van der Waals surface area contributed by atoms with E-state index in [-0.39, 0.29) is 23.8 Å². The van der Waals surface area contributed by atoms with Crippen molar-refractivity contribution in [2.45, 2.75) is 47.5 Å². The maximum absolute atomic E-state index is 11.4. The van der Waals surface area contributed by atoms with Crippen molar-refractivity contribution in [1.82, 2.24) is 0 Å². The maximum Gasteiger partial charge on any atom is 0.312 e. The van der Waals surface area contributed by atoms with Crippen LogP contribution in [0.4, 0.5) is 0 Å². The third-order valence-corrected chi connectivity index (χ3v) is 2.34. The molecule has 0 N–H and O–H groups in total. The van der Waals surface area contributed by atoms with Gasteiger partial charge in [0.25, 0.3) is 0 Å². The Hall–Kier alpha value is -1.30. The fourth-order valence-electron chi connectivity index (χ4n) is 0.820. The normalized spacial score (nSPS) is 9.50. The van der Waals surface area contributed by atoms with Gasteiger partial charge in [-0.3, -0.25) is 4.79 Å². The van der Waals surface area contributed by atoms with Crippen LogP contribution in [0.1, 0.15) is 47.5 Å². The molecule has 0 unspecified atom stereocenters. The SMILES string of the molecule is C#CCOC(=O)C(C)(CC)CC.CC(C)=O. The van der Waals surface area contributed by atoms with Gasteiger partial charge in [0.1, 0.15) is 5.78 Å². The standard InChI is InChI=1S/C10H16O2.C3H6O/c1-5-8-12-9(11)10(4,6-2)7-3;1-3(2)4/h1H,6-8H2,2-4H3;1-2H3. The van der Waals surface area contributed by atoms with Gasteiger partial charge >= 0.3 is 5.97 Å². The highest BCUT2D eigenvalue weighted by Gasteiger charge is 2.30. The van der Waals surface area contributed by atoms with E-state index < -0.39 is 0 Å². The van der Waals surface area contributed by atoms with Crippen molar-refractivity contribution < 1.29 is 14.3 Å². The van der Waals surface area contributed by atoms with Gasteiger partial charge in [-0.1, -0.05) is 19.8 Å². The Kier molecular flexibility index (Phi) is 9.58. The summed E-state index contributed by atoms with van der Waals surface area (Å²) in [5.41, 5.74) is -0.364. The number of rotatable bonds is 4. The Morgan fingerprint density at radius 1 is 1.25 bits per heavy atom. The summed E-state index contributed by atoms with van der Waals surface area (Å²) in [4.78, 5) is 20.8. The van der Waals surface area contributed by atoms with Crippen LogP contribution in [0, 0.1) is 17.8 Å². The Balaban J connectivity index is 0. The van der Waals surface area contributed by atoms with Gasteiger partial charge in [-0.05, 0) is 33.6 Å². The third kappa shape index (κ3) is 8.05. The van der Waals surface area contributed by atoms with E-state index in [9.17, 15) is 9.59 Å². The van der Waals surface area contributed by atoms with Crippen molar-refractivity contribution >= 4 is 11.8 Å². The molecule has 16 heavy (non-hydrogen) atoms. The summed E-state index contributed by atoms with van der Waals surface area (Å²) >= 11 is 0. The van der Waals surface area contributed by atoms with E-state index in [2.05, 4.69) is 5.92 Å². The minimum atomic E-state index is -0.364. The van der Waals surface area contributed by atoms with E-state index in [1.807, 2.05) is 20.8 Å². The first kappa shape index (κ1) is 17.1. The number of Topliss-reactive ketones (excluding diaryl/α,β-unsaturated/α-hetero) is 1. The van der Waals surface area contributed by atoms with E-state index >= 15 is 0 Å². The second kappa shape index (κ2) is 8.96. The van der Waals surface area contributed by atoms with Gasteiger partial charge in [0.2, 0.25) is 0 Å². The molecule has 0 amide bonds. The number of ketones is 1. The zero-order valence-corrected chi connectivity index (χ0v) is 10.9. The molecule has 0 heterocycles. The molecule has 0 aliphatic heterocycles. The van der Waals surface area contributed by atoms with Crippen LogP contribution < -0.4 is 0 Å². The van der Waals surface area contributed by atoms with E-state index in [1.165, 1.54) is 13.8 Å². The van der Waals surface area contributed by atoms with Crippen LogP contribution in [0.25, 0.3) is 0 Å². The lowest BCUT2D eigenvalue weighted by Gasteiger charge is -2.23. The smallest absolute Gasteiger partial charge is 0.312 e. The molecule has 0 atom stereocenters. The summed E-state index contributed by atoms with van der Waals surface area (Å²) in [6, 6.07) is 0. The molecular formula is C13H22O3. The average Bonchev–Trinajstić information content (AvgIpc) is 2.23. The number of carbonyl (C=O) groups is 2. The Bertz CT molecular complexity index is 253. The fourth-order valence-corrected chi connectivity index (χ4v) is 0.820. The molecule has 0 aliphatic carbocycles. The molecule has 0 radical (unpaired) electrons. The monoisotopic (exact) mass is 226 g/mol. The summed E-state index contributed by atoms with van der Waals surface area (Å²) < 4.78 is 4.86. The number of esters is 1. The van der Waals surface area contributed by atoms with Crippen LogP contribution in [-0.4, -0.2) is 18.4 Å².